The van der Waals surface area contributed by atoms with E-state index in [2.05, 4.69) is 22.8 Å². The lowest BCUT2D eigenvalue weighted by atomic mass is 10.0. The van der Waals surface area contributed by atoms with Crippen LogP contribution >= 0.6 is 0 Å². The fourth-order valence-electron chi connectivity index (χ4n) is 5.31. The molecule has 47 heavy (non-hydrogen) atoms. The second kappa shape index (κ2) is 17.5. The van der Waals surface area contributed by atoms with Gasteiger partial charge in [-0.1, -0.05) is 30.3 Å². The molecule has 5 amide bonds. The zero-order chi connectivity index (χ0) is 34.6. The lowest BCUT2D eigenvalue weighted by Crippen LogP contribution is -2.52. The number of hydrogen-bond donors (Lipinski definition) is 3. The van der Waals surface area contributed by atoms with Gasteiger partial charge in [0.1, 0.15) is 11.6 Å². The maximum atomic E-state index is 12.4. The molecule has 2 unspecified atom stereocenters. The normalized spacial score (nSPS) is 15.4. The molecule has 1 fully saturated rings. The molecule has 256 valence electrons. The van der Waals surface area contributed by atoms with Crippen LogP contribution in [0.3, 0.4) is 0 Å². The first-order chi connectivity index (χ1) is 22.3. The van der Waals surface area contributed by atoms with Crippen molar-refractivity contribution in [2.45, 2.75) is 96.4 Å². The highest BCUT2D eigenvalue weighted by atomic mass is 16.6. The molecule has 1 aliphatic heterocycles. The topological polar surface area (TPSA) is 160 Å². The van der Waals surface area contributed by atoms with Gasteiger partial charge in [-0.2, -0.15) is 0 Å². The first-order valence-corrected chi connectivity index (χ1v) is 16.1. The lowest BCUT2D eigenvalue weighted by Gasteiger charge is -2.32. The number of primary amides is 1. The van der Waals surface area contributed by atoms with Crippen LogP contribution in [0, 0.1) is 0 Å². The third kappa shape index (κ3) is 12.3. The van der Waals surface area contributed by atoms with Crippen LogP contribution in [0.1, 0.15) is 76.0 Å². The van der Waals surface area contributed by atoms with Crippen molar-refractivity contribution in [3.8, 4) is 0 Å². The summed E-state index contributed by atoms with van der Waals surface area (Å²) >= 11 is 0. The number of nitrogens with two attached hydrogens (primary N) is 1. The molecule has 0 saturated carbocycles. The molecular weight excluding hydrogens is 602 g/mol. The fraction of sp³-hybridized carbons (Fsp3) is 0.514. The number of hydrogen-bond acceptors (Lipinski definition) is 8. The van der Waals surface area contributed by atoms with E-state index in [1.807, 2.05) is 49.3 Å². The molecular formula is C35H49N5O7. The van der Waals surface area contributed by atoms with E-state index in [1.165, 1.54) is 10.5 Å². The van der Waals surface area contributed by atoms with E-state index in [0.29, 0.717) is 25.1 Å². The molecule has 1 saturated heterocycles. The molecule has 12 heteroatoms. The minimum atomic E-state index is -0.723. The van der Waals surface area contributed by atoms with Crippen molar-refractivity contribution in [3.63, 3.8) is 0 Å². The average molecular weight is 652 g/mol. The highest BCUT2D eigenvalue weighted by molar-refractivity contribution is 6.04. The third-order valence-electron chi connectivity index (χ3n) is 7.71. The Morgan fingerprint density at radius 1 is 1.02 bits per heavy atom. The number of imide groups is 1. The van der Waals surface area contributed by atoms with Crippen molar-refractivity contribution in [2.75, 3.05) is 30.5 Å². The number of nitrogens with zero attached hydrogens (tertiary/aromatic N) is 2. The number of carbonyl (C=O) groups excluding carboxylic acids is 5. The van der Waals surface area contributed by atoms with Crippen LogP contribution in [0.4, 0.5) is 16.2 Å². The summed E-state index contributed by atoms with van der Waals surface area (Å²) in [6, 6.07) is 13.0. The molecule has 0 bridgehead atoms. The predicted molar refractivity (Wildman–Crippen MR) is 180 cm³/mol. The van der Waals surface area contributed by atoms with Crippen LogP contribution < -0.4 is 26.2 Å². The van der Waals surface area contributed by atoms with Gasteiger partial charge in [0.2, 0.25) is 24.1 Å². The second-order valence-electron chi connectivity index (χ2n) is 13.1. The number of aryl methyl sites for hydroxylation is 2. The number of rotatable bonds is 17. The number of anilines is 2. The van der Waals surface area contributed by atoms with Crippen LogP contribution in [0.25, 0.3) is 0 Å². The van der Waals surface area contributed by atoms with Crippen molar-refractivity contribution in [1.29, 1.82) is 0 Å². The minimum Gasteiger partial charge on any atom is -0.444 e. The van der Waals surface area contributed by atoms with Crippen LogP contribution in [0.15, 0.2) is 42.5 Å². The molecule has 3 rings (SSSR count). The van der Waals surface area contributed by atoms with Crippen molar-refractivity contribution >= 4 is 41.6 Å². The Kier molecular flexibility index (Phi) is 13.8. The van der Waals surface area contributed by atoms with Gasteiger partial charge in [0, 0.05) is 26.9 Å². The maximum absolute atomic E-state index is 12.4. The molecule has 0 radical (unpaired) electrons. The van der Waals surface area contributed by atoms with Gasteiger partial charge in [0.05, 0.1) is 30.6 Å². The van der Waals surface area contributed by atoms with E-state index in [-0.39, 0.29) is 31.8 Å². The Morgan fingerprint density at radius 2 is 1.66 bits per heavy atom. The third-order valence-corrected chi connectivity index (χ3v) is 7.71. The number of amides is 5. The van der Waals surface area contributed by atoms with Crippen LogP contribution in [-0.2, 0) is 48.1 Å². The lowest BCUT2D eigenvalue weighted by molar-refractivity contribution is -0.135. The number of alkyl carbamates (subject to hydrolysis) is 1. The van der Waals surface area contributed by atoms with Gasteiger partial charge in [-0.15, -0.1) is 0 Å². The molecule has 0 spiro atoms. The Bertz CT molecular complexity index is 1390. The summed E-state index contributed by atoms with van der Waals surface area (Å²) in [5, 5.41) is 5.09. The summed E-state index contributed by atoms with van der Waals surface area (Å²) in [4.78, 5) is 62.9. The largest absolute Gasteiger partial charge is 0.444 e. The van der Waals surface area contributed by atoms with Crippen LogP contribution in [0.5, 0.6) is 0 Å². The monoisotopic (exact) mass is 651 g/mol. The SMILES string of the molecule is CN(C)c1cc(CCCCc2ccc(COCC(CCC(N)=O)NC(=O)OC(C)(C)C)cc2)ccc1N(C=O)C1CCC(=O)NC1=O. The summed E-state index contributed by atoms with van der Waals surface area (Å²) in [7, 11) is 3.79. The van der Waals surface area contributed by atoms with E-state index < -0.39 is 35.6 Å². The van der Waals surface area contributed by atoms with Gasteiger partial charge in [-0.25, -0.2) is 4.79 Å². The van der Waals surface area contributed by atoms with Crippen LogP contribution in [0.2, 0.25) is 0 Å². The van der Waals surface area contributed by atoms with Crippen molar-refractivity contribution < 1.29 is 33.4 Å². The van der Waals surface area contributed by atoms with Gasteiger partial charge in [0.25, 0.3) is 0 Å². The zero-order valence-corrected chi connectivity index (χ0v) is 28.2. The molecule has 12 nitrogen and oxygen atoms in total. The van der Waals surface area contributed by atoms with Gasteiger partial charge < -0.3 is 30.3 Å². The fourth-order valence-corrected chi connectivity index (χ4v) is 5.31. The van der Waals surface area contributed by atoms with E-state index in [0.717, 1.165) is 42.5 Å². The first-order valence-electron chi connectivity index (χ1n) is 16.1. The maximum Gasteiger partial charge on any atom is 0.407 e. The van der Waals surface area contributed by atoms with Crippen molar-refractivity contribution in [1.82, 2.24) is 10.6 Å². The van der Waals surface area contributed by atoms with Gasteiger partial charge in [-0.3, -0.25) is 24.5 Å². The Labute approximate surface area is 277 Å². The first kappa shape index (κ1) is 37.0. The molecule has 2 aromatic carbocycles. The van der Waals surface area contributed by atoms with Crippen LogP contribution in [-0.4, -0.2) is 68.6 Å². The summed E-state index contributed by atoms with van der Waals surface area (Å²) in [6.45, 7) is 5.92. The number of carbonyl (C=O) groups is 5. The van der Waals surface area contributed by atoms with E-state index in [4.69, 9.17) is 15.2 Å². The molecule has 1 heterocycles. The molecule has 0 aliphatic carbocycles. The quantitative estimate of drug-likeness (QED) is 0.132. The summed E-state index contributed by atoms with van der Waals surface area (Å²) in [6.07, 6.45) is 4.81. The summed E-state index contributed by atoms with van der Waals surface area (Å²) < 4.78 is 11.2. The molecule has 2 atom stereocenters. The second-order valence-corrected chi connectivity index (χ2v) is 13.1. The molecule has 4 N–H and O–H groups in total. The summed E-state index contributed by atoms with van der Waals surface area (Å²) in [5.74, 6) is -1.22. The Hall–Kier alpha value is -4.45. The molecule has 1 aliphatic rings. The number of piperidine rings is 1. The van der Waals surface area contributed by atoms with Gasteiger partial charge in [-0.05, 0) is 88.1 Å². The van der Waals surface area contributed by atoms with E-state index in [1.54, 1.807) is 20.8 Å². The Balaban J connectivity index is 1.48. The minimum absolute atomic E-state index is 0.129. The number of ether oxygens (including phenoxy) is 2. The average Bonchev–Trinajstić information content (AvgIpc) is 2.99. The van der Waals surface area contributed by atoms with Gasteiger partial charge in [0.15, 0.2) is 0 Å². The standard InChI is InChI=1S/C35H49N5O7/c1-35(2,3)47-34(45)37-27(15-18-31(36)42)22-46-21-26-12-10-24(11-13-26)8-6-7-9-25-14-16-28(30(20-25)39(4)5)40(23-41)29-17-19-32(43)38-33(29)44/h10-14,16,20,23,27,29H,6-9,15,17-19,21-22H2,1-5H3,(H2,36,42)(H,37,45)(H,38,43,44). The van der Waals surface area contributed by atoms with Gasteiger partial charge >= 0.3 is 6.09 Å². The summed E-state index contributed by atoms with van der Waals surface area (Å²) in [5.41, 5.74) is 9.47. The van der Waals surface area contributed by atoms with E-state index >= 15 is 0 Å². The predicted octanol–water partition coefficient (Wildman–Crippen LogP) is 3.76. The van der Waals surface area contributed by atoms with E-state index in [9.17, 15) is 24.0 Å². The highest BCUT2D eigenvalue weighted by Gasteiger charge is 2.33. The smallest absolute Gasteiger partial charge is 0.407 e. The number of benzene rings is 2. The number of unbranched alkanes of at least 4 members (excludes halogenated alkanes) is 1. The highest BCUT2D eigenvalue weighted by Crippen LogP contribution is 2.32. The Morgan fingerprint density at radius 3 is 2.26 bits per heavy atom. The zero-order valence-electron chi connectivity index (χ0n) is 28.2. The molecule has 2 aromatic rings. The number of nitrogens with one attached hydrogen (secondary N) is 2. The molecule has 0 aromatic heterocycles. The van der Waals surface area contributed by atoms with Crippen molar-refractivity contribution in [3.05, 3.63) is 59.2 Å². The van der Waals surface area contributed by atoms with Crippen molar-refractivity contribution in [2.24, 2.45) is 5.73 Å².